The van der Waals surface area contributed by atoms with Crippen LogP contribution < -0.4 is 17.2 Å². The van der Waals surface area contributed by atoms with E-state index in [-0.39, 0.29) is 58.5 Å². The second-order valence-corrected chi connectivity index (χ2v) is 17.3. The van der Waals surface area contributed by atoms with Gasteiger partial charge in [-0.05, 0) is 13.8 Å². The van der Waals surface area contributed by atoms with Gasteiger partial charge in [0, 0.05) is 13.2 Å². The quantitative estimate of drug-likeness (QED) is 0.0665. The van der Waals surface area contributed by atoms with E-state index in [4.69, 9.17) is 37.9 Å². The SMILES string of the molecule is CCOCCOCCOCCOc1ccc(F)[c]([Ti]([C]2=CC=CC2)([C]2=CC=CC2)[c]2c(F)ccc(OCCOCCOCCOCC)c2F)c1F. The fourth-order valence-electron chi connectivity index (χ4n) is 5.99. The van der Waals surface area contributed by atoms with Crippen LogP contribution in [0.25, 0.3) is 0 Å². The van der Waals surface area contributed by atoms with Crippen LogP contribution in [0.15, 0.2) is 68.5 Å². The molecule has 0 atom stereocenters. The molecule has 51 heavy (non-hydrogen) atoms. The first kappa shape index (κ1) is 41.0. The van der Waals surface area contributed by atoms with Crippen LogP contribution in [0.2, 0.25) is 0 Å². The summed E-state index contributed by atoms with van der Waals surface area (Å²) in [5.74, 6) is -4.24. The predicted molar refractivity (Wildman–Crippen MR) is 183 cm³/mol. The Balaban J connectivity index is 1.57. The summed E-state index contributed by atoms with van der Waals surface area (Å²) in [7, 11) is 0. The Kier molecular flexibility index (Phi) is 17.9. The van der Waals surface area contributed by atoms with Crippen molar-refractivity contribution in [2.45, 2.75) is 26.7 Å². The normalized spacial score (nSPS) is 14.0. The molecule has 0 spiro atoms. The Morgan fingerprint density at radius 3 is 1.18 bits per heavy atom. The van der Waals surface area contributed by atoms with Crippen LogP contribution in [0, 0.1) is 23.3 Å². The van der Waals surface area contributed by atoms with E-state index in [1.807, 2.05) is 26.0 Å². The Bertz CT molecular complexity index is 1400. The molecule has 280 valence electrons. The monoisotopic (exact) mass is 756 g/mol. The number of halogens is 4. The Morgan fingerprint density at radius 1 is 0.490 bits per heavy atom. The van der Waals surface area contributed by atoms with E-state index in [0.29, 0.717) is 73.8 Å². The van der Waals surface area contributed by atoms with E-state index in [0.717, 1.165) is 12.1 Å². The molecule has 4 rings (SSSR count). The second-order valence-electron chi connectivity index (χ2n) is 11.4. The van der Waals surface area contributed by atoms with Gasteiger partial charge in [0.05, 0.1) is 0 Å². The average molecular weight is 757 g/mol. The van der Waals surface area contributed by atoms with Crippen molar-refractivity contribution in [3.63, 3.8) is 0 Å². The summed E-state index contributed by atoms with van der Waals surface area (Å²) in [6.45, 7) is 8.33. The fourth-order valence-corrected chi connectivity index (χ4v) is 14.2. The van der Waals surface area contributed by atoms with Crippen molar-refractivity contribution in [2.24, 2.45) is 0 Å². The molecule has 0 radical (unpaired) electrons. The first-order valence-electron chi connectivity index (χ1n) is 17.4. The van der Waals surface area contributed by atoms with Crippen LogP contribution >= 0.6 is 0 Å². The van der Waals surface area contributed by atoms with Gasteiger partial charge in [-0.15, -0.1) is 0 Å². The van der Waals surface area contributed by atoms with E-state index in [1.54, 1.807) is 24.3 Å². The fraction of sp³-hybridized carbons (Fsp3) is 0.474. The van der Waals surface area contributed by atoms with Crippen LogP contribution in [-0.2, 0) is 45.0 Å². The molecule has 0 saturated carbocycles. The van der Waals surface area contributed by atoms with E-state index >= 15 is 17.6 Å². The summed E-state index contributed by atoms with van der Waals surface area (Å²) in [6.07, 6.45) is 11.2. The minimum atomic E-state index is -5.05. The molecule has 2 aromatic carbocycles. The summed E-state index contributed by atoms with van der Waals surface area (Å²) in [5.41, 5.74) is 0. The maximum atomic E-state index is 16.8. The third-order valence-corrected chi connectivity index (χ3v) is 16.2. The van der Waals surface area contributed by atoms with Gasteiger partial charge in [0.25, 0.3) is 0 Å². The van der Waals surface area contributed by atoms with E-state index in [9.17, 15) is 0 Å². The standard InChI is InChI=1S/2C14H19F2O4.2C5H5.Ti/c2*1-2-17-5-6-18-7-8-19-9-10-20-14-4-3-12(15)11-13(14)16;2*1-2-4-5-3-1;/h2*3-4H,2,5-10H2,1H3;2*1-3H,4H2;. The molecule has 0 bridgehead atoms. The van der Waals surface area contributed by atoms with Crippen LogP contribution in [0.4, 0.5) is 17.6 Å². The molecule has 0 unspecified atom stereocenters. The van der Waals surface area contributed by atoms with Crippen molar-refractivity contribution in [1.29, 1.82) is 0 Å². The number of hydrogen-bond donors (Lipinski definition) is 0. The molecular weight excluding hydrogens is 708 g/mol. The van der Waals surface area contributed by atoms with Gasteiger partial charge in [0.1, 0.15) is 0 Å². The van der Waals surface area contributed by atoms with Crippen molar-refractivity contribution in [3.8, 4) is 11.5 Å². The van der Waals surface area contributed by atoms with Crippen molar-refractivity contribution in [1.82, 2.24) is 0 Å². The van der Waals surface area contributed by atoms with Crippen molar-refractivity contribution < 1.29 is 72.0 Å². The zero-order chi connectivity index (χ0) is 36.3. The van der Waals surface area contributed by atoms with Gasteiger partial charge < -0.3 is 9.47 Å². The summed E-state index contributed by atoms with van der Waals surface area (Å²) in [4.78, 5) is 0. The van der Waals surface area contributed by atoms with Crippen LogP contribution in [0.3, 0.4) is 0 Å². The van der Waals surface area contributed by atoms with Gasteiger partial charge in [0.2, 0.25) is 0 Å². The Labute approximate surface area is 301 Å². The van der Waals surface area contributed by atoms with E-state index in [2.05, 4.69) is 0 Å². The van der Waals surface area contributed by atoms with Gasteiger partial charge in [-0.2, -0.15) is 0 Å². The van der Waals surface area contributed by atoms with Crippen LogP contribution in [0.1, 0.15) is 26.7 Å². The molecule has 13 heteroatoms. The molecule has 2 aromatic rings. The molecule has 0 N–H and O–H groups in total. The summed E-state index contributed by atoms with van der Waals surface area (Å²) < 4.78 is 110. The van der Waals surface area contributed by atoms with Crippen molar-refractivity contribution in [3.05, 3.63) is 91.7 Å². The molecule has 2 aliphatic rings. The molecule has 0 amide bonds. The number of ether oxygens (including phenoxy) is 8. The van der Waals surface area contributed by atoms with Gasteiger partial charge >= 0.3 is 266 Å². The van der Waals surface area contributed by atoms with Gasteiger partial charge in [-0.3, -0.25) is 0 Å². The first-order chi connectivity index (χ1) is 25.0. The number of rotatable bonds is 26. The van der Waals surface area contributed by atoms with Crippen molar-refractivity contribution in [2.75, 3.05) is 92.5 Å². The summed E-state index contributed by atoms with van der Waals surface area (Å²) in [5, 5.41) is 0. The van der Waals surface area contributed by atoms with Gasteiger partial charge in [0.15, 0.2) is 0 Å². The molecule has 0 saturated heterocycles. The van der Waals surface area contributed by atoms with Gasteiger partial charge in [-0.1, -0.05) is 0 Å². The predicted octanol–water partition coefficient (Wildman–Crippen LogP) is 5.93. The van der Waals surface area contributed by atoms with Crippen LogP contribution in [-0.4, -0.2) is 92.5 Å². The zero-order valence-corrected chi connectivity index (χ0v) is 30.9. The topological polar surface area (TPSA) is 73.8 Å². The van der Waals surface area contributed by atoms with Crippen molar-refractivity contribution >= 4 is 7.74 Å². The molecule has 0 heterocycles. The molecule has 0 fully saturated rings. The maximum absolute atomic E-state index is 16.8. The van der Waals surface area contributed by atoms with E-state index < -0.39 is 39.9 Å². The Hall–Kier alpha value is -2.81. The number of hydrogen-bond acceptors (Lipinski definition) is 8. The molecule has 8 nitrogen and oxygen atoms in total. The molecule has 0 aliphatic heterocycles. The summed E-state index contributed by atoms with van der Waals surface area (Å²) >= 11 is -5.05. The molecular formula is C38H48F4O8Ti. The number of benzene rings is 2. The third-order valence-electron chi connectivity index (χ3n) is 8.23. The van der Waals surface area contributed by atoms with Gasteiger partial charge in [-0.25, -0.2) is 0 Å². The second kappa shape index (κ2) is 22.3. The molecule has 2 aliphatic carbocycles. The van der Waals surface area contributed by atoms with Crippen LogP contribution in [0.5, 0.6) is 11.5 Å². The molecule has 0 aromatic heterocycles. The Morgan fingerprint density at radius 2 is 0.843 bits per heavy atom. The average Bonchev–Trinajstić information content (AvgIpc) is 3.87. The number of allylic oxidation sites excluding steroid dienone is 8. The summed E-state index contributed by atoms with van der Waals surface area (Å²) in [6, 6.07) is 4.58. The minimum absolute atomic E-state index is 0.0387. The van der Waals surface area contributed by atoms with E-state index in [1.165, 1.54) is 12.1 Å². The zero-order valence-electron chi connectivity index (χ0n) is 29.4. The third kappa shape index (κ3) is 11.1. The first-order valence-corrected chi connectivity index (χ1v) is 20.5.